The van der Waals surface area contributed by atoms with E-state index in [0.717, 1.165) is 11.5 Å². The number of nitrogens with two attached hydrogens (primary N) is 1. The Morgan fingerprint density at radius 1 is 1.36 bits per heavy atom. The van der Waals surface area contributed by atoms with E-state index in [0.29, 0.717) is 12.4 Å². The fourth-order valence-corrected chi connectivity index (χ4v) is 5.13. The van der Waals surface area contributed by atoms with Crippen molar-refractivity contribution in [3.05, 3.63) is 34.7 Å². The summed E-state index contributed by atoms with van der Waals surface area (Å²) in [7, 11) is 1.68. The van der Waals surface area contributed by atoms with Crippen LogP contribution in [0.1, 0.15) is 50.2 Å². The van der Waals surface area contributed by atoms with Crippen molar-refractivity contribution < 1.29 is 4.79 Å². The van der Waals surface area contributed by atoms with E-state index >= 15 is 0 Å². The van der Waals surface area contributed by atoms with Crippen molar-refractivity contribution in [3.8, 4) is 0 Å². The molecule has 0 spiro atoms. The van der Waals surface area contributed by atoms with Crippen LogP contribution in [0.3, 0.4) is 0 Å². The Morgan fingerprint density at radius 2 is 2.12 bits per heavy atom. The monoisotopic (exact) mass is 355 g/mol. The summed E-state index contributed by atoms with van der Waals surface area (Å²) in [6, 6.07) is 6.52. The zero-order chi connectivity index (χ0) is 17.6. The van der Waals surface area contributed by atoms with Gasteiger partial charge in [-0.3, -0.25) is 9.69 Å². The number of amides is 1. The van der Waals surface area contributed by atoms with Gasteiger partial charge in [0.25, 0.3) is 0 Å². The molecule has 2 aliphatic rings. The molecule has 0 saturated heterocycles. The number of nitrogens with zero attached hydrogens (tertiary/aromatic N) is 2. The maximum Gasteiger partial charge on any atom is 0.231 e. The van der Waals surface area contributed by atoms with Crippen LogP contribution < -0.4 is 5.73 Å². The molecule has 2 heterocycles. The van der Waals surface area contributed by atoms with Crippen LogP contribution in [0.4, 0.5) is 0 Å². The molecule has 25 heavy (non-hydrogen) atoms. The Labute approximate surface area is 152 Å². The fourth-order valence-electron chi connectivity index (χ4n) is 4.18. The molecule has 1 aromatic carbocycles. The predicted molar refractivity (Wildman–Crippen MR) is 104 cm³/mol. The number of aliphatic imine (C=N–C) groups is 1. The van der Waals surface area contributed by atoms with Crippen LogP contribution in [0.25, 0.3) is 10.1 Å². The normalized spacial score (nSPS) is 25.0. The van der Waals surface area contributed by atoms with Gasteiger partial charge in [-0.2, -0.15) is 0 Å². The van der Waals surface area contributed by atoms with E-state index in [4.69, 9.17) is 5.73 Å². The number of fused-ring (bicyclic) bond motifs is 1. The van der Waals surface area contributed by atoms with E-state index in [-0.39, 0.29) is 5.91 Å². The number of hydrogen-bond donors (Lipinski definition) is 1. The molecule has 1 aromatic heterocycles. The quantitative estimate of drug-likeness (QED) is 0.904. The van der Waals surface area contributed by atoms with Gasteiger partial charge >= 0.3 is 0 Å². The van der Waals surface area contributed by atoms with Crippen LogP contribution >= 0.6 is 11.3 Å². The number of rotatable bonds is 3. The standard InChI is InChI=1S/C20H25N3OS/c1-20(11-18(24)23(2)19(21)22-20)15-7-8-17-16(10-15)14(12-25-17)9-13-5-3-4-6-13/h7-8,10,12-13H,3-6,9,11H2,1-2H3,(H2,21,22)/t20-/m0/s1. The second kappa shape index (κ2) is 6.13. The van der Waals surface area contributed by atoms with Crippen LogP contribution in [0.5, 0.6) is 0 Å². The van der Waals surface area contributed by atoms with Crippen LogP contribution in [0.2, 0.25) is 0 Å². The number of guanidine groups is 1. The van der Waals surface area contributed by atoms with Gasteiger partial charge in [0.05, 0.1) is 12.0 Å². The summed E-state index contributed by atoms with van der Waals surface area (Å²) in [5.74, 6) is 1.15. The third kappa shape index (κ3) is 2.95. The van der Waals surface area contributed by atoms with Gasteiger partial charge in [-0.05, 0) is 53.3 Å². The van der Waals surface area contributed by atoms with E-state index in [9.17, 15) is 4.79 Å². The third-order valence-corrected chi connectivity index (χ3v) is 6.85. The van der Waals surface area contributed by atoms with E-state index in [1.807, 2.05) is 18.3 Å². The summed E-state index contributed by atoms with van der Waals surface area (Å²) in [6.45, 7) is 2.01. The average Bonchev–Trinajstić information content (AvgIpc) is 3.23. The van der Waals surface area contributed by atoms with Gasteiger partial charge < -0.3 is 5.73 Å². The highest BCUT2D eigenvalue weighted by atomic mass is 32.1. The zero-order valence-corrected chi connectivity index (χ0v) is 15.7. The second-order valence-corrected chi connectivity index (χ2v) is 8.61. The maximum absolute atomic E-state index is 12.3. The van der Waals surface area contributed by atoms with Gasteiger partial charge in [-0.15, -0.1) is 11.3 Å². The molecule has 0 unspecified atom stereocenters. The smallest absolute Gasteiger partial charge is 0.231 e. The topological polar surface area (TPSA) is 58.7 Å². The third-order valence-electron chi connectivity index (χ3n) is 5.83. The summed E-state index contributed by atoms with van der Waals surface area (Å²) in [6.07, 6.45) is 7.00. The van der Waals surface area contributed by atoms with Crippen molar-refractivity contribution in [2.45, 2.75) is 51.0 Å². The molecule has 5 heteroatoms. The Bertz CT molecular complexity index is 850. The van der Waals surface area contributed by atoms with Gasteiger partial charge in [0.15, 0.2) is 5.96 Å². The average molecular weight is 356 g/mol. The number of carbonyl (C=O) groups is 1. The first-order valence-electron chi connectivity index (χ1n) is 9.09. The van der Waals surface area contributed by atoms with Crippen molar-refractivity contribution in [2.24, 2.45) is 16.6 Å². The summed E-state index contributed by atoms with van der Waals surface area (Å²) in [5, 5.41) is 3.64. The first-order chi connectivity index (χ1) is 12.0. The van der Waals surface area contributed by atoms with E-state index in [2.05, 4.69) is 28.6 Å². The van der Waals surface area contributed by atoms with Crippen LogP contribution in [0, 0.1) is 5.92 Å². The summed E-state index contributed by atoms with van der Waals surface area (Å²) < 4.78 is 1.32. The SMILES string of the molecule is CN1C(=O)C[C@@](C)(c2ccc3scc(CC4CCCC4)c3c2)N=C1N. The van der Waals surface area contributed by atoms with Crippen LogP contribution in [-0.2, 0) is 16.8 Å². The van der Waals surface area contributed by atoms with Gasteiger partial charge in [0.2, 0.25) is 5.91 Å². The molecular weight excluding hydrogens is 330 g/mol. The summed E-state index contributed by atoms with van der Waals surface area (Å²) in [5.41, 5.74) is 7.93. The molecule has 2 N–H and O–H groups in total. The van der Waals surface area contributed by atoms with Crippen LogP contribution in [0.15, 0.2) is 28.6 Å². The second-order valence-electron chi connectivity index (χ2n) is 7.70. The van der Waals surface area contributed by atoms with Gasteiger partial charge in [-0.1, -0.05) is 31.7 Å². The fraction of sp³-hybridized carbons (Fsp3) is 0.500. The highest BCUT2D eigenvalue weighted by Crippen LogP contribution is 2.38. The number of hydrogen-bond acceptors (Lipinski definition) is 4. The molecule has 0 bridgehead atoms. The molecule has 1 saturated carbocycles. The molecule has 1 fully saturated rings. The minimum absolute atomic E-state index is 0.0200. The summed E-state index contributed by atoms with van der Waals surface area (Å²) >= 11 is 1.82. The molecular formula is C20H25N3OS. The number of carbonyl (C=O) groups excluding carboxylic acids is 1. The lowest BCUT2D eigenvalue weighted by atomic mass is 9.86. The lowest BCUT2D eigenvalue weighted by Gasteiger charge is -2.33. The van der Waals surface area contributed by atoms with Crippen molar-refractivity contribution in [2.75, 3.05) is 7.05 Å². The molecule has 1 atom stereocenters. The van der Waals surface area contributed by atoms with Crippen molar-refractivity contribution in [1.29, 1.82) is 0 Å². The largest absolute Gasteiger partial charge is 0.369 e. The summed E-state index contributed by atoms with van der Waals surface area (Å²) in [4.78, 5) is 18.4. The Kier molecular flexibility index (Phi) is 4.07. The maximum atomic E-state index is 12.3. The Morgan fingerprint density at radius 3 is 2.84 bits per heavy atom. The molecule has 2 aromatic rings. The predicted octanol–water partition coefficient (Wildman–Crippen LogP) is 4.03. The van der Waals surface area contributed by atoms with Crippen molar-refractivity contribution in [3.63, 3.8) is 0 Å². The zero-order valence-electron chi connectivity index (χ0n) is 14.9. The Balaban J connectivity index is 1.72. The highest BCUT2D eigenvalue weighted by Gasteiger charge is 2.36. The van der Waals surface area contributed by atoms with E-state index in [1.165, 1.54) is 52.7 Å². The lowest BCUT2D eigenvalue weighted by Crippen LogP contribution is -2.47. The molecule has 132 valence electrons. The minimum atomic E-state index is -0.575. The van der Waals surface area contributed by atoms with Crippen molar-refractivity contribution >= 4 is 33.3 Å². The highest BCUT2D eigenvalue weighted by molar-refractivity contribution is 7.17. The van der Waals surface area contributed by atoms with Crippen molar-refractivity contribution in [1.82, 2.24) is 4.90 Å². The molecule has 4 nitrogen and oxygen atoms in total. The number of benzene rings is 1. The Hall–Kier alpha value is -1.88. The first kappa shape index (κ1) is 16.6. The van der Waals surface area contributed by atoms with Crippen LogP contribution in [-0.4, -0.2) is 23.8 Å². The molecule has 1 aliphatic heterocycles. The molecule has 1 amide bonds. The van der Waals surface area contributed by atoms with Gasteiger partial charge in [-0.25, -0.2) is 4.99 Å². The van der Waals surface area contributed by atoms with Gasteiger partial charge in [0.1, 0.15) is 0 Å². The van der Waals surface area contributed by atoms with Gasteiger partial charge in [0, 0.05) is 11.7 Å². The number of thiophene rings is 1. The van der Waals surface area contributed by atoms with E-state index < -0.39 is 5.54 Å². The molecule has 0 radical (unpaired) electrons. The lowest BCUT2D eigenvalue weighted by molar-refractivity contribution is -0.128. The minimum Gasteiger partial charge on any atom is -0.369 e. The first-order valence-corrected chi connectivity index (χ1v) is 9.97. The molecule has 1 aliphatic carbocycles. The van der Waals surface area contributed by atoms with E-state index in [1.54, 1.807) is 7.05 Å². The molecule has 4 rings (SSSR count).